The maximum absolute atomic E-state index is 13.5. The number of pyridine rings is 1. The number of aromatic nitrogens is 3. The van der Waals surface area contributed by atoms with Crippen molar-refractivity contribution in [3.63, 3.8) is 0 Å². The summed E-state index contributed by atoms with van der Waals surface area (Å²) in [6, 6.07) is 9.66. The van der Waals surface area contributed by atoms with Crippen LogP contribution in [0.3, 0.4) is 0 Å². The Labute approximate surface area is 141 Å². The van der Waals surface area contributed by atoms with E-state index in [4.69, 9.17) is 5.73 Å². The van der Waals surface area contributed by atoms with Crippen molar-refractivity contribution in [3.8, 4) is 23.0 Å². The molecule has 25 heavy (non-hydrogen) atoms. The quantitative estimate of drug-likeness (QED) is 0.688. The molecule has 2 heterocycles. The van der Waals surface area contributed by atoms with Crippen LogP contribution in [0.15, 0.2) is 55.1 Å². The minimum atomic E-state index is -4.62. The Morgan fingerprint density at radius 2 is 1.64 bits per heavy atom. The molecule has 0 saturated heterocycles. The number of hydrogen-bond acceptors (Lipinski definition) is 4. The average Bonchev–Trinajstić information content (AvgIpc) is 2.60. The molecule has 4 nitrogen and oxygen atoms in total. The van der Waals surface area contributed by atoms with Crippen LogP contribution >= 0.6 is 0 Å². The first kappa shape index (κ1) is 16.5. The van der Waals surface area contributed by atoms with Crippen molar-refractivity contribution < 1.29 is 13.2 Å². The van der Waals surface area contributed by atoms with Crippen molar-refractivity contribution in [2.75, 3.05) is 5.73 Å². The van der Waals surface area contributed by atoms with Crippen molar-refractivity contribution in [1.82, 2.24) is 15.0 Å². The van der Waals surface area contributed by atoms with E-state index >= 15 is 0 Å². The molecule has 0 aliphatic carbocycles. The molecular formula is C18H11F3N4. The molecule has 0 aliphatic heterocycles. The van der Waals surface area contributed by atoms with Gasteiger partial charge in [-0.1, -0.05) is 24.1 Å². The zero-order chi connectivity index (χ0) is 17.9. The summed E-state index contributed by atoms with van der Waals surface area (Å²) in [6.07, 6.45) is -0.825. The first-order valence-electron chi connectivity index (χ1n) is 7.15. The van der Waals surface area contributed by atoms with E-state index in [0.717, 1.165) is 6.07 Å². The maximum Gasteiger partial charge on any atom is 0.417 e. The van der Waals surface area contributed by atoms with Gasteiger partial charge in [0.1, 0.15) is 17.8 Å². The monoisotopic (exact) mass is 340 g/mol. The molecule has 3 rings (SSSR count). The van der Waals surface area contributed by atoms with Crippen molar-refractivity contribution in [2.45, 2.75) is 6.18 Å². The van der Waals surface area contributed by atoms with Gasteiger partial charge < -0.3 is 5.73 Å². The minimum absolute atomic E-state index is 0.0778. The summed E-state index contributed by atoms with van der Waals surface area (Å²) in [5, 5.41) is 0. The normalized spacial score (nSPS) is 10.8. The topological polar surface area (TPSA) is 64.7 Å². The van der Waals surface area contributed by atoms with Crippen LogP contribution in [0.5, 0.6) is 0 Å². The molecule has 2 N–H and O–H groups in total. The van der Waals surface area contributed by atoms with Gasteiger partial charge in [0.25, 0.3) is 0 Å². The number of anilines is 1. The van der Waals surface area contributed by atoms with Gasteiger partial charge in [-0.15, -0.1) is 0 Å². The van der Waals surface area contributed by atoms with Gasteiger partial charge in [0.15, 0.2) is 0 Å². The fourth-order valence-electron chi connectivity index (χ4n) is 2.25. The molecule has 124 valence electrons. The molecule has 0 atom stereocenters. The molecule has 1 aromatic carbocycles. The van der Waals surface area contributed by atoms with Crippen molar-refractivity contribution in [3.05, 3.63) is 71.9 Å². The zero-order valence-corrected chi connectivity index (χ0v) is 12.7. The van der Waals surface area contributed by atoms with Crippen LogP contribution in [0.2, 0.25) is 0 Å². The van der Waals surface area contributed by atoms with E-state index < -0.39 is 11.7 Å². The zero-order valence-electron chi connectivity index (χ0n) is 12.7. The number of nitrogens with zero attached hydrogens (tertiary/aromatic N) is 3. The van der Waals surface area contributed by atoms with Crippen molar-refractivity contribution in [1.29, 1.82) is 0 Å². The van der Waals surface area contributed by atoms with Crippen LogP contribution in [0.4, 0.5) is 19.0 Å². The highest BCUT2D eigenvalue weighted by molar-refractivity contribution is 5.74. The Morgan fingerprint density at radius 1 is 0.960 bits per heavy atom. The Bertz CT molecular complexity index is 943. The fraction of sp³-hybridized carbons (Fsp3) is 0.0556. The molecule has 0 amide bonds. The number of alkyl halides is 3. The summed E-state index contributed by atoms with van der Waals surface area (Å²) >= 11 is 0. The van der Waals surface area contributed by atoms with Crippen LogP contribution in [0.25, 0.3) is 11.1 Å². The highest BCUT2D eigenvalue weighted by Gasteiger charge is 2.36. The van der Waals surface area contributed by atoms with Gasteiger partial charge in [-0.05, 0) is 24.1 Å². The molecule has 2 aromatic heterocycles. The molecule has 0 fully saturated rings. The molecule has 0 aliphatic rings. The number of hydrogen-bond donors (Lipinski definition) is 1. The van der Waals surface area contributed by atoms with E-state index in [2.05, 4.69) is 26.8 Å². The molecule has 7 heteroatoms. The molecule has 0 saturated carbocycles. The van der Waals surface area contributed by atoms with Gasteiger partial charge in [0, 0.05) is 29.1 Å². The smallest absolute Gasteiger partial charge is 0.384 e. The SMILES string of the molecule is Nc1cc(C(F)(F)F)c(-c2cncnc2)c(C#Cc2ccccc2)n1. The first-order chi connectivity index (χ1) is 11.9. The number of benzene rings is 1. The molecular weight excluding hydrogens is 329 g/mol. The van der Waals surface area contributed by atoms with E-state index in [1.165, 1.54) is 18.7 Å². The maximum atomic E-state index is 13.5. The predicted molar refractivity (Wildman–Crippen MR) is 87.1 cm³/mol. The number of nitrogens with two attached hydrogens (primary N) is 1. The van der Waals surface area contributed by atoms with Crippen molar-refractivity contribution in [2.24, 2.45) is 0 Å². The summed E-state index contributed by atoms with van der Waals surface area (Å²) in [5.74, 6) is 5.23. The number of rotatable bonds is 1. The van der Waals surface area contributed by atoms with E-state index in [1.807, 2.05) is 6.07 Å². The molecule has 0 bridgehead atoms. The van der Waals surface area contributed by atoms with Crippen LogP contribution in [0, 0.1) is 11.8 Å². The molecule has 3 aromatic rings. The third-order valence-corrected chi connectivity index (χ3v) is 3.29. The third kappa shape index (κ3) is 3.75. The summed E-state index contributed by atoms with van der Waals surface area (Å²) < 4.78 is 40.5. The van der Waals surface area contributed by atoms with Gasteiger partial charge in [0.05, 0.1) is 5.56 Å². The van der Waals surface area contributed by atoms with E-state index in [0.29, 0.717) is 5.56 Å². The number of nitrogen functional groups attached to an aromatic ring is 1. The van der Waals surface area contributed by atoms with Gasteiger partial charge in [-0.3, -0.25) is 0 Å². The van der Waals surface area contributed by atoms with Crippen LogP contribution in [-0.2, 0) is 6.18 Å². The van der Waals surface area contributed by atoms with Crippen LogP contribution < -0.4 is 5.73 Å². The summed E-state index contributed by atoms with van der Waals surface area (Å²) in [4.78, 5) is 11.5. The molecule has 0 radical (unpaired) electrons. The lowest BCUT2D eigenvalue weighted by molar-refractivity contribution is -0.137. The lowest BCUT2D eigenvalue weighted by atomic mass is 9.99. The summed E-state index contributed by atoms with van der Waals surface area (Å²) in [6.45, 7) is 0. The Hall–Kier alpha value is -3.40. The van der Waals surface area contributed by atoms with Crippen LogP contribution in [0.1, 0.15) is 16.8 Å². The third-order valence-electron chi connectivity index (χ3n) is 3.29. The highest BCUT2D eigenvalue weighted by Crippen LogP contribution is 2.38. The van der Waals surface area contributed by atoms with Gasteiger partial charge in [-0.25, -0.2) is 15.0 Å². The fourth-order valence-corrected chi connectivity index (χ4v) is 2.25. The standard InChI is InChI=1S/C18H11F3N4/c19-18(20,21)14-8-16(22)25-15(7-6-12-4-2-1-3-5-12)17(14)13-9-23-11-24-10-13/h1-5,8-11H,(H2,22,25). The molecule has 0 unspecified atom stereocenters. The summed E-state index contributed by atoms with van der Waals surface area (Å²) in [5.41, 5.74) is 5.19. The minimum Gasteiger partial charge on any atom is -0.384 e. The second kappa shape index (κ2) is 6.61. The Kier molecular flexibility index (Phi) is 4.35. The highest BCUT2D eigenvalue weighted by atomic mass is 19.4. The number of halogens is 3. The predicted octanol–water partition coefficient (Wildman–Crippen LogP) is 3.54. The second-order valence-electron chi connectivity index (χ2n) is 5.06. The van der Waals surface area contributed by atoms with Gasteiger partial charge >= 0.3 is 6.18 Å². The Morgan fingerprint density at radius 3 is 2.28 bits per heavy atom. The molecule has 0 spiro atoms. The lowest BCUT2D eigenvalue weighted by Gasteiger charge is -2.14. The van der Waals surface area contributed by atoms with Crippen molar-refractivity contribution >= 4 is 5.82 Å². The lowest BCUT2D eigenvalue weighted by Crippen LogP contribution is -2.11. The summed E-state index contributed by atoms with van der Waals surface area (Å²) in [7, 11) is 0. The van der Waals surface area contributed by atoms with Crippen LogP contribution in [-0.4, -0.2) is 15.0 Å². The van der Waals surface area contributed by atoms with E-state index in [-0.39, 0.29) is 22.6 Å². The van der Waals surface area contributed by atoms with E-state index in [1.54, 1.807) is 24.3 Å². The average molecular weight is 340 g/mol. The first-order valence-corrected chi connectivity index (χ1v) is 7.15. The van der Waals surface area contributed by atoms with Gasteiger partial charge in [-0.2, -0.15) is 13.2 Å². The second-order valence-corrected chi connectivity index (χ2v) is 5.06. The van der Waals surface area contributed by atoms with E-state index in [9.17, 15) is 13.2 Å². The largest absolute Gasteiger partial charge is 0.417 e. The Balaban J connectivity index is 2.24. The van der Waals surface area contributed by atoms with Gasteiger partial charge in [0.2, 0.25) is 0 Å².